The molecule has 0 heterocycles. The van der Waals surface area contributed by atoms with E-state index in [1.807, 2.05) is 0 Å². The molecule has 5 rings (SSSR count). The van der Waals surface area contributed by atoms with Gasteiger partial charge in [-0.05, 0) is 81.5 Å². The van der Waals surface area contributed by atoms with Crippen LogP contribution in [0.25, 0.3) is 0 Å². The molecule has 0 aromatic carbocycles. The topological polar surface area (TPSA) is 29.1 Å². The molecule has 0 aliphatic heterocycles. The summed E-state index contributed by atoms with van der Waals surface area (Å²) >= 11 is 7.32. The van der Waals surface area contributed by atoms with Crippen molar-refractivity contribution in [2.75, 3.05) is 0 Å². The Labute approximate surface area is 157 Å². The predicted molar refractivity (Wildman–Crippen MR) is 101 cm³/mol. The number of alkyl halides is 2. The summed E-state index contributed by atoms with van der Waals surface area (Å²) in [6.45, 7) is 4.34. The van der Waals surface area contributed by atoms with Gasteiger partial charge in [0.2, 0.25) is 5.91 Å². The van der Waals surface area contributed by atoms with E-state index in [1.165, 1.54) is 38.5 Å². The summed E-state index contributed by atoms with van der Waals surface area (Å²) in [5.41, 5.74) is 0.119. The highest BCUT2D eigenvalue weighted by Gasteiger charge is 2.67. The number of halogens is 2. The second-order valence-electron chi connectivity index (χ2n) is 9.31. The van der Waals surface area contributed by atoms with Crippen molar-refractivity contribution in [3.05, 3.63) is 0 Å². The van der Waals surface area contributed by atoms with Gasteiger partial charge in [-0.3, -0.25) is 4.79 Å². The zero-order valence-corrected chi connectivity index (χ0v) is 17.5. The summed E-state index contributed by atoms with van der Waals surface area (Å²) in [6, 6.07) is 0.390. The molecule has 0 radical (unpaired) electrons. The maximum absolute atomic E-state index is 12.9. The largest absolute Gasteiger partial charge is 0.352 e. The third-order valence-corrected chi connectivity index (χ3v) is 9.78. The van der Waals surface area contributed by atoms with Crippen molar-refractivity contribution >= 4 is 37.8 Å². The predicted octanol–water partition coefficient (Wildman–Crippen LogP) is 5.38. The van der Waals surface area contributed by atoms with Gasteiger partial charge in [0.1, 0.15) is 0 Å². The minimum absolute atomic E-state index is 0.185. The SMILES string of the molecule is CCC[C@@H](NC(=O)[C@@]1(C)CC1(Br)Br)C12CC3CC(CC(C3)C1)C2. The van der Waals surface area contributed by atoms with E-state index < -0.39 is 0 Å². The van der Waals surface area contributed by atoms with Crippen molar-refractivity contribution in [3.63, 3.8) is 0 Å². The van der Waals surface area contributed by atoms with Crippen LogP contribution in [0.15, 0.2) is 0 Å². The number of rotatable bonds is 5. The smallest absolute Gasteiger partial charge is 0.228 e. The number of hydrogen-bond donors (Lipinski definition) is 1. The van der Waals surface area contributed by atoms with Crippen LogP contribution in [0.3, 0.4) is 0 Å². The normalized spacial score (nSPS) is 47.4. The van der Waals surface area contributed by atoms with Gasteiger partial charge in [0.05, 0.1) is 8.65 Å². The van der Waals surface area contributed by atoms with Gasteiger partial charge in [-0.2, -0.15) is 0 Å². The Balaban J connectivity index is 1.53. The van der Waals surface area contributed by atoms with E-state index in [-0.39, 0.29) is 14.6 Å². The number of hydrogen-bond acceptors (Lipinski definition) is 1. The molecule has 0 unspecified atom stereocenters. The molecule has 5 aliphatic carbocycles. The average molecular weight is 447 g/mol. The van der Waals surface area contributed by atoms with Gasteiger partial charge in [0.25, 0.3) is 0 Å². The minimum Gasteiger partial charge on any atom is -0.352 e. The second kappa shape index (κ2) is 5.46. The van der Waals surface area contributed by atoms with Crippen LogP contribution in [-0.4, -0.2) is 15.2 Å². The summed E-state index contributed by atoms with van der Waals surface area (Å²) in [7, 11) is 0. The lowest BCUT2D eigenvalue weighted by atomic mass is 9.47. The molecular weight excluding hydrogens is 418 g/mol. The molecule has 5 saturated carbocycles. The van der Waals surface area contributed by atoms with Crippen molar-refractivity contribution in [2.45, 2.75) is 80.9 Å². The first-order chi connectivity index (χ1) is 10.8. The van der Waals surface area contributed by atoms with E-state index in [1.54, 1.807) is 0 Å². The number of nitrogens with one attached hydrogen (secondary N) is 1. The quantitative estimate of drug-likeness (QED) is 0.564. The van der Waals surface area contributed by atoms with Gasteiger partial charge in [-0.15, -0.1) is 0 Å². The first-order valence-corrected chi connectivity index (χ1v) is 11.1. The lowest BCUT2D eigenvalue weighted by Crippen LogP contribution is -2.57. The number of amides is 1. The van der Waals surface area contributed by atoms with E-state index in [9.17, 15) is 4.79 Å². The zero-order valence-electron chi connectivity index (χ0n) is 14.3. The van der Waals surface area contributed by atoms with Gasteiger partial charge in [-0.1, -0.05) is 45.2 Å². The Morgan fingerprint density at radius 3 is 2.00 bits per heavy atom. The highest BCUT2D eigenvalue weighted by molar-refractivity contribution is 9.25. The molecule has 0 aromatic rings. The lowest BCUT2D eigenvalue weighted by molar-refractivity contribution is -0.131. The fourth-order valence-corrected chi connectivity index (χ4v) is 7.87. The summed E-state index contributed by atoms with van der Waals surface area (Å²) in [6.07, 6.45) is 11.7. The van der Waals surface area contributed by atoms with Crippen molar-refractivity contribution in [1.29, 1.82) is 0 Å². The van der Waals surface area contributed by atoms with Crippen LogP contribution in [0, 0.1) is 28.6 Å². The van der Waals surface area contributed by atoms with Crippen molar-refractivity contribution < 1.29 is 4.79 Å². The monoisotopic (exact) mass is 445 g/mol. The van der Waals surface area contributed by atoms with Gasteiger partial charge in [0.15, 0.2) is 0 Å². The van der Waals surface area contributed by atoms with Gasteiger partial charge < -0.3 is 5.32 Å². The molecule has 23 heavy (non-hydrogen) atoms. The maximum Gasteiger partial charge on any atom is 0.228 e. The highest BCUT2D eigenvalue weighted by atomic mass is 79.9. The van der Waals surface area contributed by atoms with E-state index in [0.717, 1.165) is 37.0 Å². The second-order valence-corrected chi connectivity index (χ2v) is 13.1. The molecule has 0 saturated heterocycles. The fraction of sp³-hybridized carbons (Fsp3) is 0.947. The lowest BCUT2D eigenvalue weighted by Gasteiger charge is -2.59. The van der Waals surface area contributed by atoms with E-state index in [4.69, 9.17) is 0 Å². The molecular formula is C19H29Br2NO. The molecule has 4 bridgehead atoms. The van der Waals surface area contributed by atoms with E-state index >= 15 is 0 Å². The summed E-state index contributed by atoms with van der Waals surface area (Å²) in [5.74, 6) is 3.09. The van der Waals surface area contributed by atoms with Crippen LogP contribution in [0.1, 0.15) is 71.6 Å². The first kappa shape index (κ1) is 16.9. The Bertz CT molecular complexity index is 482. The molecule has 0 aromatic heterocycles. The Morgan fingerprint density at radius 2 is 1.61 bits per heavy atom. The fourth-order valence-electron chi connectivity index (χ4n) is 6.39. The maximum atomic E-state index is 12.9. The van der Waals surface area contributed by atoms with Crippen LogP contribution >= 0.6 is 31.9 Å². The van der Waals surface area contributed by atoms with Crippen LogP contribution in [0.4, 0.5) is 0 Å². The first-order valence-electron chi connectivity index (χ1n) is 9.47. The van der Waals surface area contributed by atoms with Gasteiger partial charge in [0, 0.05) is 6.04 Å². The van der Waals surface area contributed by atoms with Crippen LogP contribution in [0.2, 0.25) is 0 Å². The standard InChI is InChI=1S/C19H29Br2NO/c1-3-4-15(22-16(23)17(2)11-19(17,20)21)18-8-12-5-13(9-18)7-14(6-12)10-18/h12-15H,3-11H2,1-2H3,(H,22,23)/t12?,13?,14?,15-,17-,18?/m1/s1. The highest BCUT2D eigenvalue weighted by Crippen LogP contribution is 2.67. The number of carbonyl (C=O) groups is 1. The Kier molecular flexibility index (Phi) is 4.01. The molecule has 2 nitrogen and oxygen atoms in total. The molecule has 5 fully saturated rings. The van der Waals surface area contributed by atoms with Gasteiger partial charge >= 0.3 is 0 Å². The van der Waals surface area contributed by atoms with Gasteiger partial charge in [-0.25, -0.2) is 0 Å². The molecule has 1 amide bonds. The summed E-state index contributed by atoms with van der Waals surface area (Å²) in [5, 5.41) is 3.53. The minimum atomic E-state index is -0.290. The Hall–Kier alpha value is 0.430. The van der Waals surface area contributed by atoms with Crippen LogP contribution in [-0.2, 0) is 4.79 Å². The van der Waals surface area contributed by atoms with Crippen LogP contribution < -0.4 is 5.32 Å². The molecule has 130 valence electrons. The van der Waals surface area contributed by atoms with Crippen molar-refractivity contribution in [2.24, 2.45) is 28.6 Å². The average Bonchev–Trinajstić information content (AvgIpc) is 2.97. The number of carbonyl (C=O) groups excluding carboxylic acids is 1. The molecule has 1 N–H and O–H groups in total. The van der Waals surface area contributed by atoms with E-state index in [2.05, 4.69) is 51.0 Å². The third-order valence-electron chi connectivity index (χ3n) is 7.47. The molecule has 5 aliphatic rings. The molecule has 2 atom stereocenters. The Morgan fingerprint density at radius 1 is 1.13 bits per heavy atom. The summed E-state index contributed by atoms with van der Waals surface area (Å²) in [4.78, 5) is 12.9. The molecule has 0 spiro atoms. The molecule has 4 heteroatoms. The van der Waals surface area contributed by atoms with E-state index in [0.29, 0.717) is 11.5 Å². The van der Waals surface area contributed by atoms with Crippen LogP contribution in [0.5, 0.6) is 0 Å². The zero-order chi connectivity index (χ0) is 16.5. The summed E-state index contributed by atoms with van der Waals surface area (Å²) < 4.78 is -0.185. The third kappa shape index (κ3) is 2.65. The van der Waals surface area contributed by atoms with Crippen molar-refractivity contribution in [3.8, 4) is 0 Å². The van der Waals surface area contributed by atoms with Crippen molar-refractivity contribution in [1.82, 2.24) is 5.32 Å².